The highest BCUT2D eigenvalue weighted by Gasteiger charge is 2.15. The van der Waals surface area contributed by atoms with Crippen LogP contribution in [0.15, 0.2) is 48.5 Å². The average Bonchev–Trinajstić information content (AvgIpc) is 2.75. The van der Waals surface area contributed by atoms with Crippen LogP contribution in [-0.4, -0.2) is 17.7 Å². The maximum Gasteiger partial charge on any atom is 0.337 e. The molecule has 0 aromatic heterocycles. The highest BCUT2D eigenvalue weighted by atomic mass is 35.5. The van der Waals surface area contributed by atoms with Crippen LogP contribution in [0.1, 0.15) is 28.4 Å². The normalized spacial score (nSPS) is 10.7. The summed E-state index contributed by atoms with van der Waals surface area (Å²) >= 11 is 18.4. The Morgan fingerprint density at radius 1 is 1.00 bits per heavy atom. The molecule has 0 atom stereocenters. The van der Waals surface area contributed by atoms with E-state index in [9.17, 15) is 14.3 Å². The van der Waals surface area contributed by atoms with E-state index in [1.54, 1.807) is 24.3 Å². The zero-order chi connectivity index (χ0) is 23.3. The number of carbonyl (C=O) groups is 1. The van der Waals surface area contributed by atoms with Crippen molar-refractivity contribution in [1.29, 1.82) is 0 Å². The number of nitrogens with one attached hydrogen (secondary N) is 1. The summed E-state index contributed by atoms with van der Waals surface area (Å²) in [5.74, 6) is -0.805. The van der Waals surface area contributed by atoms with Gasteiger partial charge in [-0.15, -0.1) is 0 Å². The zero-order valence-corrected chi connectivity index (χ0v) is 19.2. The Hall–Kier alpha value is -2.67. The van der Waals surface area contributed by atoms with Gasteiger partial charge in [0.05, 0.1) is 22.2 Å². The molecule has 0 aliphatic heterocycles. The molecule has 168 valence electrons. The van der Waals surface area contributed by atoms with E-state index in [1.807, 2.05) is 6.92 Å². The number of hydrogen-bond donors (Lipinski definition) is 2. The van der Waals surface area contributed by atoms with E-state index < -0.39 is 11.8 Å². The molecule has 3 aromatic carbocycles. The standard InChI is InChI=1S/C23H19Cl3FNO4/c1-2-31-21-8-13(11-28-14-6-7-18(25)15(9-14)23(29)30)19(26)10-22(21)32-12-16-17(24)4-3-5-20(16)27/h3-10,28H,2,11-12H2,1H3,(H,29,30). The summed E-state index contributed by atoms with van der Waals surface area (Å²) in [6, 6.07) is 12.3. The average molecular weight is 499 g/mol. The van der Waals surface area contributed by atoms with Crippen LogP contribution in [-0.2, 0) is 13.2 Å². The van der Waals surface area contributed by atoms with E-state index in [2.05, 4.69) is 5.32 Å². The molecular weight excluding hydrogens is 480 g/mol. The number of carboxylic acid groups (broad SMARTS) is 1. The molecule has 0 saturated heterocycles. The first-order valence-corrected chi connectivity index (χ1v) is 10.7. The molecule has 5 nitrogen and oxygen atoms in total. The van der Waals surface area contributed by atoms with Gasteiger partial charge in [-0.05, 0) is 48.9 Å². The number of hydrogen-bond acceptors (Lipinski definition) is 4. The number of ether oxygens (including phenoxy) is 2. The monoisotopic (exact) mass is 497 g/mol. The van der Waals surface area contributed by atoms with Crippen molar-refractivity contribution in [3.8, 4) is 11.5 Å². The van der Waals surface area contributed by atoms with E-state index in [1.165, 1.54) is 24.3 Å². The van der Waals surface area contributed by atoms with Gasteiger partial charge in [0.15, 0.2) is 11.5 Å². The third-order valence-corrected chi connectivity index (χ3v) is 5.56. The highest BCUT2D eigenvalue weighted by Crippen LogP contribution is 2.35. The number of carboxylic acids is 1. The van der Waals surface area contributed by atoms with E-state index in [0.717, 1.165) is 0 Å². The van der Waals surface area contributed by atoms with Crippen molar-refractivity contribution in [2.75, 3.05) is 11.9 Å². The third-order valence-electron chi connectivity index (χ3n) is 4.53. The van der Waals surface area contributed by atoms with E-state index >= 15 is 0 Å². The highest BCUT2D eigenvalue weighted by molar-refractivity contribution is 6.33. The van der Waals surface area contributed by atoms with Gasteiger partial charge >= 0.3 is 5.97 Å². The Balaban J connectivity index is 1.79. The van der Waals surface area contributed by atoms with Gasteiger partial charge in [-0.1, -0.05) is 40.9 Å². The molecule has 0 radical (unpaired) electrons. The van der Waals surface area contributed by atoms with Crippen molar-refractivity contribution < 1.29 is 23.8 Å². The maximum absolute atomic E-state index is 14.0. The van der Waals surface area contributed by atoms with Crippen LogP contribution in [0.5, 0.6) is 11.5 Å². The van der Waals surface area contributed by atoms with Gasteiger partial charge in [0.25, 0.3) is 0 Å². The first-order valence-electron chi connectivity index (χ1n) is 9.57. The number of rotatable bonds is 9. The van der Waals surface area contributed by atoms with Crippen molar-refractivity contribution >= 4 is 46.5 Å². The molecule has 3 rings (SSSR count). The van der Waals surface area contributed by atoms with Crippen LogP contribution in [0.4, 0.5) is 10.1 Å². The van der Waals surface area contributed by atoms with Gasteiger partial charge in [0, 0.05) is 28.9 Å². The maximum atomic E-state index is 14.0. The van der Waals surface area contributed by atoms with Gasteiger partial charge in [-0.3, -0.25) is 0 Å². The minimum absolute atomic E-state index is 0.00618. The SMILES string of the molecule is CCOc1cc(CNc2ccc(Cl)c(C(=O)O)c2)c(Cl)cc1OCc1c(F)cccc1Cl. The molecule has 0 aliphatic carbocycles. The lowest BCUT2D eigenvalue weighted by atomic mass is 10.1. The summed E-state index contributed by atoms with van der Waals surface area (Å²) in [6.07, 6.45) is 0. The molecule has 0 saturated carbocycles. The van der Waals surface area contributed by atoms with Crippen LogP contribution in [0.2, 0.25) is 15.1 Å². The van der Waals surface area contributed by atoms with E-state index in [0.29, 0.717) is 40.9 Å². The fraction of sp³-hybridized carbons (Fsp3) is 0.174. The van der Waals surface area contributed by atoms with Crippen LogP contribution in [0.25, 0.3) is 0 Å². The summed E-state index contributed by atoms with van der Waals surface area (Å²) in [5, 5.41) is 13.1. The first-order chi connectivity index (χ1) is 15.3. The number of aromatic carboxylic acids is 1. The predicted octanol–water partition coefficient (Wildman–Crippen LogP) is 7.07. The largest absolute Gasteiger partial charge is 0.490 e. The van der Waals surface area contributed by atoms with Crippen molar-refractivity contribution in [3.63, 3.8) is 0 Å². The molecule has 0 unspecified atom stereocenters. The second-order valence-corrected chi connectivity index (χ2v) is 7.89. The molecule has 0 fully saturated rings. The first kappa shape index (κ1) is 24.0. The van der Waals surface area contributed by atoms with Crippen molar-refractivity contribution in [2.24, 2.45) is 0 Å². The number of halogens is 4. The third kappa shape index (κ3) is 5.76. The Labute approximate surface area is 199 Å². The van der Waals surface area contributed by atoms with Gasteiger partial charge in [-0.25, -0.2) is 9.18 Å². The lowest BCUT2D eigenvalue weighted by molar-refractivity contribution is 0.0697. The summed E-state index contributed by atoms with van der Waals surface area (Å²) in [6.45, 7) is 2.40. The molecule has 0 aliphatic rings. The molecule has 0 spiro atoms. The summed E-state index contributed by atoms with van der Waals surface area (Å²) in [4.78, 5) is 11.3. The number of benzene rings is 3. The second kappa shape index (κ2) is 10.8. The van der Waals surface area contributed by atoms with E-state index in [-0.39, 0.29) is 27.8 Å². The summed E-state index contributed by atoms with van der Waals surface area (Å²) in [5.41, 5.74) is 1.48. The molecule has 2 N–H and O–H groups in total. The summed E-state index contributed by atoms with van der Waals surface area (Å²) in [7, 11) is 0. The Bertz CT molecular complexity index is 1120. The fourth-order valence-electron chi connectivity index (χ4n) is 2.91. The lowest BCUT2D eigenvalue weighted by Crippen LogP contribution is -2.06. The predicted molar refractivity (Wildman–Crippen MR) is 124 cm³/mol. The Morgan fingerprint density at radius 3 is 2.44 bits per heavy atom. The number of anilines is 1. The molecule has 3 aromatic rings. The minimum atomic E-state index is -1.12. The second-order valence-electron chi connectivity index (χ2n) is 6.67. The van der Waals surface area contributed by atoms with Gasteiger partial charge in [0.2, 0.25) is 0 Å². The van der Waals surface area contributed by atoms with Gasteiger partial charge in [-0.2, -0.15) is 0 Å². The van der Waals surface area contributed by atoms with Crippen LogP contribution in [0.3, 0.4) is 0 Å². The smallest absolute Gasteiger partial charge is 0.337 e. The van der Waals surface area contributed by atoms with Crippen LogP contribution < -0.4 is 14.8 Å². The molecule has 0 heterocycles. The Kier molecular flexibility index (Phi) is 8.07. The topological polar surface area (TPSA) is 67.8 Å². The lowest BCUT2D eigenvalue weighted by Gasteiger charge is -2.16. The van der Waals surface area contributed by atoms with Crippen molar-refractivity contribution in [1.82, 2.24) is 0 Å². The van der Waals surface area contributed by atoms with Gasteiger partial charge < -0.3 is 19.9 Å². The van der Waals surface area contributed by atoms with Crippen LogP contribution in [0, 0.1) is 5.82 Å². The molecular formula is C23H19Cl3FNO4. The molecule has 0 bridgehead atoms. The van der Waals surface area contributed by atoms with Crippen molar-refractivity contribution in [3.05, 3.63) is 86.1 Å². The van der Waals surface area contributed by atoms with Crippen LogP contribution >= 0.6 is 34.8 Å². The fourth-order valence-corrected chi connectivity index (χ4v) is 3.55. The molecule has 32 heavy (non-hydrogen) atoms. The zero-order valence-electron chi connectivity index (χ0n) is 16.9. The summed E-state index contributed by atoms with van der Waals surface area (Å²) < 4.78 is 25.5. The molecule has 9 heteroatoms. The van der Waals surface area contributed by atoms with Crippen molar-refractivity contribution in [2.45, 2.75) is 20.1 Å². The Morgan fingerprint density at radius 2 is 1.75 bits per heavy atom. The molecule has 0 amide bonds. The van der Waals surface area contributed by atoms with E-state index in [4.69, 9.17) is 44.3 Å². The van der Waals surface area contributed by atoms with Gasteiger partial charge in [0.1, 0.15) is 12.4 Å². The quantitative estimate of drug-likeness (QED) is 0.330. The minimum Gasteiger partial charge on any atom is -0.490 e.